The molecule has 174 valence electrons. The lowest BCUT2D eigenvalue weighted by atomic mass is 9.98. The van der Waals surface area contributed by atoms with Crippen molar-refractivity contribution >= 4 is 5.91 Å². The molecule has 0 spiro atoms. The molecule has 4 rings (SSSR count). The van der Waals surface area contributed by atoms with Crippen molar-refractivity contribution in [3.05, 3.63) is 77.2 Å². The van der Waals surface area contributed by atoms with Crippen LogP contribution in [0.25, 0.3) is 11.1 Å². The smallest absolute Gasteiger partial charge is 0.230 e. The van der Waals surface area contributed by atoms with Crippen molar-refractivity contribution in [2.45, 2.75) is 52.4 Å². The maximum absolute atomic E-state index is 12.7. The Hall–Kier alpha value is -2.96. The van der Waals surface area contributed by atoms with Crippen LogP contribution in [-0.4, -0.2) is 53.1 Å². The molecule has 0 radical (unpaired) electrons. The number of benzene rings is 2. The maximum Gasteiger partial charge on any atom is 0.230 e. The number of carbonyl (C=O) groups is 1. The van der Waals surface area contributed by atoms with Gasteiger partial charge >= 0.3 is 0 Å². The van der Waals surface area contributed by atoms with Crippen LogP contribution in [0.4, 0.5) is 0 Å². The Morgan fingerprint density at radius 2 is 1.82 bits per heavy atom. The van der Waals surface area contributed by atoms with E-state index in [-0.39, 0.29) is 12.3 Å². The van der Waals surface area contributed by atoms with Crippen LogP contribution in [0, 0.1) is 6.92 Å². The second kappa shape index (κ2) is 10.3. The largest absolute Gasteiger partial charge is 0.361 e. The first-order valence-corrected chi connectivity index (χ1v) is 11.7. The molecule has 1 N–H and O–H groups in total. The first-order valence-electron chi connectivity index (χ1n) is 11.7. The van der Waals surface area contributed by atoms with E-state index in [1.165, 1.54) is 11.1 Å². The summed E-state index contributed by atoms with van der Waals surface area (Å²) in [6.45, 7) is 10.0. The molecule has 1 saturated heterocycles. The average Bonchev–Trinajstić information content (AvgIpc) is 3.18. The normalized spacial score (nSPS) is 18.9. The van der Waals surface area contributed by atoms with Crippen LogP contribution in [0.5, 0.6) is 0 Å². The molecule has 2 atom stereocenters. The van der Waals surface area contributed by atoms with Crippen molar-refractivity contribution in [3.8, 4) is 11.1 Å². The predicted molar refractivity (Wildman–Crippen MR) is 131 cm³/mol. The fraction of sp³-hybridized carbons (Fsp3) is 0.407. The number of amides is 1. The number of hydrogen-bond donors (Lipinski definition) is 1. The van der Waals surface area contributed by atoms with E-state index < -0.39 is 0 Å². The summed E-state index contributed by atoms with van der Waals surface area (Å²) < 4.78 is 5.20. The molecule has 1 fully saturated rings. The van der Waals surface area contributed by atoms with Crippen LogP contribution in [-0.2, 0) is 24.3 Å². The van der Waals surface area contributed by atoms with E-state index in [0.29, 0.717) is 24.4 Å². The quantitative estimate of drug-likeness (QED) is 0.594. The average molecular weight is 447 g/mol. The number of piperazine rings is 1. The van der Waals surface area contributed by atoms with Crippen LogP contribution in [0.3, 0.4) is 0 Å². The van der Waals surface area contributed by atoms with E-state index in [9.17, 15) is 4.79 Å². The molecule has 6 nitrogen and oxygen atoms in total. The standard InChI is InChI=1S/C27H34N4O2/c1-19-13-25(33-29-19)14-27(32)30(4)18-24-7-5-6-8-26(24)23-11-9-22(10-12-23)17-31-15-20(2)28-21(3)16-31/h5-13,20-21,28H,14-18H2,1-4H3/t20-,21+. The first-order chi connectivity index (χ1) is 15.9. The highest BCUT2D eigenvalue weighted by molar-refractivity contribution is 5.78. The van der Waals surface area contributed by atoms with Gasteiger partial charge in [0.25, 0.3) is 0 Å². The Morgan fingerprint density at radius 1 is 1.12 bits per heavy atom. The molecule has 2 aromatic carbocycles. The lowest BCUT2D eigenvalue weighted by Gasteiger charge is -2.36. The number of rotatable bonds is 7. The number of aromatic nitrogens is 1. The highest BCUT2D eigenvalue weighted by atomic mass is 16.5. The molecule has 0 aliphatic carbocycles. The summed E-state index contributed by atoms with van der Waals surface area (Å²) in [5, 5.41) is 7.46. The molecule has 0 bridgehead atoms. The zero-order chi connectivity index (χ0) is 23.4. The summed E-state index contributed by atoms with van der Waals surface area (Å²) in [4.78, 5) is 16.9. The Labute approximate surface area is 196 Å². The number of likely N-dealkylation sites (N-methyl/N-ethyl adjacent to an activating group) is 1. The van der Waals surface area contributed by atoms with Gasteiger partial charge in [0.2, 0.25) is 5.91 Å². The van der Waals surface area contributed by atoms with E-state index in [0.717, 1.165) is 36.5 Å². The second-order valence-corrected chi connectivity index (χ2v) is 9.38. The minimum atomic E-state index is 0.00998. The van der Waals surface area contributed by atoms with Crippen LogP contribution in [0.2, 0.25) is 0 Å². The number of carbonyl (C=O) groups excluding carboxylic acids is 1. The summed E-state index contributed by atoms with van der Waals surface area (Å²) in [6.07, 6.45) is 0.220. The molecule has 1 aromatic heterocycles. The lowest BCUT2D eigenvalue weighted by molar-refractivity contribution is -0.130. The summed E-state index contributed by atoms with van der Waals surface area (Å²) in [6, 6.07) is 20.0. The van der Waals surface area contributed by atoms with Crippen molar-refractivity contribution in [1.29, 1.82) is 0 Å². The van der Waals surface area contributed by atoms with E-state index >= 15 is 0 Å². The number of nitrogens with one attached hydrogen (secondary N) is 1. The van der Waals surface area contributed by atoms with Gasteiger partial charge in [-0.3, -0.25) is 9.69 Å². The third-order valence-electron chi connectivity index (χ3n) is 6.16. The van der Waals surface area contributed by atoms with Crippen LogP contribution in [0.1, 0.15) is 36.4 Å². The van der Waals surface area contributed by atoms with Gasteiger partial charge in [-0.1, -0.05) is 53.7 Å². The van der Waals surface area contributed by atoms with Crippen molar-refractivity contribution in [3.63, 3.8) is 0 Å². The fourth-order valence-corrected chi connectivity index (χ4v) is 4.68. The van der Waals surface area contributed by atoms with Gasteiger partial charge in [-0.05, 0) is 43.0 Å². The fourth-order valence-electron chi connectivity index (χ4n) is 4.68. The van der Waals surface area contributed by atoms with Gasteiger partial charge in [0.05, 0.1) is 12.1 Å². The second-order valence-electron chi connectivity index (χ2n) is 9.38. The summed E-state index contributed by atoms with van der Waals surface area (Å²) in [7, 11) is 1.83. The molecule has 3 aromatic rings. The molecular weight excluding hydrogens is 412 g/mol. The Kier molecular flexibility index (Phi) is 7.26. The van der Waals surface area contributed by atoms with Gasteiger partial charge in [0.15, 0.2) is 0 Å². The Balaban J connectivity index is 1.42. The number of aryl methyl sites for hydroxylation is 1. The number of hydrogen-bond acceptors (Lipinski definition) is 5. The van der Waals surface area contributed by atoms with E-state index in [4.69, 9.17) is 4.52 Å². The molecule has 0 unspecified atom stereocenters. The highest BCUT2D eigenvalue weighted by Crippen LogP contribution is 2.26. The summed E-state index contributed by atoms with van der Waals surface area (Å²) in [5.74, 6) is 0.609. The minimum Gasteiger partial charge on any atom is -0.361 e. The molecule has 2 heterocycles. The predicted octanol–water partition coefficient (Wildman–Crippen LogP) is 4.03. The Morgan fingerprint density at radius 3 is 2.48 bits per heavy atom. The van der Waals surface area contributed by atoms with E-state index in [1.807, 2.05) is 26.1 Å². The van der Waals surface area contributed by atoms with E-state index in [2.05, 4.69) is 71.7 Å². The van der Waals surface area contributed by atoms with Crippen molar-refractivity contribution in [2.75, 3.05) is 20.1 Å². The van der Waals surface area contributed by atoms with Gasteiger partial charge in [-0.15, -0.1) is 0 Å². The number of nitrogens with zero attached hydrogens (tertiary/aromatic N) is 3. The third kappa shape index (κ3) is 6.09. The van der Waals surface area contributed by atoms with Gasteiger partial charge in [0.1, 0.15) is 5.76 Å². The third-order valence-corrected chi connectivity index (χ3v) is 6.16. The lowest BCUT2D eigenvalue weighted by Crippen LogP contribution is -2.53. The zero-order valence-electron chi connectivity index (χ0n) is 20.0. The van der Waals surface area contributed by atoms with Crippen LogP contribution in [0.15, 0.2) is 59.1 Å². The van der Waals surface area contributed by atoms with Crippen LogP contribution < -0.4 is 5.32 Å². The van der Waals surface area contributed by atoms with Gasteiger partial charge in [0, 0.05) is 51.4 Å². The molecule has 0 saturated carbocycles. The monoisotopic (exact) mass is 446 g/mol. The minimum absolute atomic E-state index is 0.00998. The van der Waals surface area contributed by atoms with Crippen molar-refractivity contribution < 1.29 is 9.32 Å². The topological polar surface area (TPSA) is 61.6 Å². The SMILES string of the molecule is Cc1cc(CC(=O)N(C)Cc2ccccc2-c2ccc(CN3C[C@@H](C)N[C@@H](C)C3)cc2)on1. The molecule has 1 aliphatic heterocycles. The van der Waals surface area contributed by atoms with Gasteiger partial charge in [-0.2, -0.15) is 0 Å². The van der Waals surface area contributed by atoms with Crippen molar-refractivity contribution in [2.24, 2.45) is 0 Å². The van der Waals surface area contributed by atoms with Crippen molar-refractivity contribution in [1.82, 2.24) is 20.3 Å². The molecule has 6 heteroatoms. The summed E-state index contributed by atoms with van der Waals surface area (Å²) >= 11 is 0. The molecular formula is C27H34N4O2. The van der Waals surface area contributed by atoms with Gasteiger partial charge < -0.3 is 14.7 Å². The van der Waals surface area contributed by atoms with Crippen LogP contribution >= 0.6 is 0 Å². The van der Waals surface area contributed by atoms with Gasteiger partial charge in [-0.25, -0.2) is 0 Å². The molecule has 1 amide bonds. The van der Waals surface area contributed by atoms with E-state index in [1.54, 1.807) is 4.90 Å². The maximum atomic E-state index is 12.7. The first kappa shape index (κ1) is 23.2. The summed E-state index contributed by atoms with van der Waals surface area (Å²) in [5.41, 5.74) is 5.56. The highest BCUT2D eigenvalue weighted by Gasteiger charge is 2.21. The Bertz CT molecular complexity index is 1070. The zero-order valence-corrected chi connectivity index (χ0v) is 20.0. The molecule has 1 aliphatic rings. The molecule has 33 heavy (non-hydrogen) atoms.